The van der Waals surface area contributed by atoms with E-state index in [0.29, 0.717) is 5.57 Å². The Morgan fingerprint density at radius 3 is 2.25 bits per heavy atom. The van der Waals surface area contributed by atoms with Gasteiger partial charge in [0, 0.05) is 5.57 Å². The number of hydrogen-bond donors (Lipinski definition) is 1. The molecule has 0 rings (SSSR count). The zero-order valence-electron chi connectivity index (χ0n) is 6.10. The molecule has 0 aliphatic rings. The Kier molecular flexibility index (Phi) is 7.32. The van der Waals surface area contributed by atoms with Crippen LogP contribution in [0.25, 0.3) is 0 Å². The Balaban J connectivity index is -0.000000180. The first-order chi connectivity index (χ1) is 3.18. The molecule has 2 N–H and O–H groups in total. The molecule has 0 heterocycles. The van der Waals surface area contributed by atoms with E-state index in [1.54, 1.807) is 0 Å². The van der Waals surface area contributed by atoms with Crippen LogP contribution in [0.1, 0.15) is 8.35 Å². The summed E-state index contributed by atoms with van der Waals surface area (Å²) in [4.78, 5) is 13.8. The topological polar surface area (TPSA) is 52.3 Å². The van der Waals surface area contributed by atoms with Gasteiger partial charge in [-0.15, -0.1) is 0 Å². The molecule has 0 radical (unpaired) electrons. The van der Waals surface area contributed by atoms with Crippen molar-refractivity contribution in [2.75, 3.05) is 0 Å². The molecule has 0 aliphatic heterocycles. The van der Waals surface area contributed by atoms with Crippen LogP contribution in [0, 0.1) is 0 Å². The van der Waals surface area contributed by atoms with Gasteiger partial charge in [0.05, 0.1) is 0 Å². The molecule has 0 bridgehead atoms. The van der Waals surface area contributed by atoms with E-state index in [4.69, 9.17) is 0 Å². The standard InChI is InChI=1S/C4H7NO2.Na.H/c1-3(2)4(6)7-5;;/h1,5H2,2H3;;/q;+1;-1. The van der Waals surface area contributed by atoms with Crippen molar-refractivity contribution in [2.45, 2.75) is 6.92 Å². The summed E-state index contributed by atoms with van der Waals surface area (Å²) in [6.07, 6.45) is 0. The van der Waals surface area contributed by atoms with E-state index < -0.39 is 5.97 Å². The zero-order chi connectivity index (χ0) is 5.86. The molecule has 0 saturated heterocycles. The average molecular weight is 125 g/mol. The summed E-state index contributed by atoms with van der Waals surface area (Å²) < 4.78 is 0. The molecule has 4 heteroatoms. The molecular weight excluding hydrogens is 117 g/mol. The third-order valence-corrected chi connectivity index (χ3v) is 0.455. The number of carbonyl (C=O) groups is 1. The Labute approximate surface area is 71.6 Å². The van der Waals surface area contributed by atoms with Crippen molar-refractivity contribution >= 4 is 5.97 Å². The first kappa shape index (κ1) is 11.0. The molecule has 0 aromatic rings. The monoisotopic (exact) mass is 125 g/mol. The molecular formula is C4H8NNaO2. The number of nitrogens with two attached hydrogens (primary N) is 1. The van der Waals surface area contributed by atoms with Gasteiger partial charge in [-0.05, 0) is 6.92 Å². The van der Waals surface area contributed by atoms with Crippen LogP contribution in [0.4, 0.5) is 0 Å². The van der Waals surface area contributed by atoms with E-state index in [2.05, 4.69) is 17.3 Å². The zero-order valence-corrected chi connectivity index (χ0v) is 7.10. The molecule has 8 heavy (non-hydrogen) atoms. The van der Waals surface area contributed by atoms with Gasteiger partial charge < -0.3 is 6.26 Å². The van der Waals surface area contributed by atoms with E-state index in [-0.39, 0.29) is 31.0 Å². The van der Waals surface area contributed by atoms with E-state index in [1.165, 1.54) is 6.92 Å². The molecule has 42 valence electrons. The first-order valence-electron chi connectivity index (χ1n) is 1.75. The third kappa shape index (κ3) is 4.33. The van der Waals surface area contributed by atoms with Gasteiger partial charge in [-0.25, -0.2) is 4.79 Å². The van der Waals surface area contributed by atoms with Gasteiger partial charge in [-0.2, -0.15) is 5.90 Å². The summed E-state index contributed by atoms with van der Waals surface area (Å²) in [6.45, 7) is 4.79. The van der Waals surface area contributed by atoms with Gasteiger partial charge >= 0.3 is 35.5 Å². The second-order valence-corrected chi connectivity index (χ2v) is 1.19. The van der Waals surface area contributed by atoms with E-state index in [9.17, 15) is 4.79 Å². The normalized spacial score (nSPS) is 6.75. The van der Waals surface area contributed by atoms with Gasteiger partial charge in [0.15, 0.2) is 0 Å². The minimum Gasteiger partial charge on any atom is -1.00 e. The molecule has 0 spiro atoms. The van der Waals surface area contributed by atoms with E-state index in [0.717, 1.165) is 0 Å². The second-order valence-electron chi connectivity index (χ2n) is 1.19. The van der Waals surface area contributed by atoms with Gasteiger partial charge in [-0.1, -0.05) is 6.58 Å². The van der Waals surface area contributed by atoms with Gasteiger partial charge in [-0.3, -0.25) is 0 Å². The molecule has 0 amide bonds. The van der Waals surface area contributed by atoms with E-state index >= 15 is 0 Å². The number of carbonyl (C=O) groups excluding carboxylic acids is 1. The van der Waals surface area contributed by atoms with Crippen LogP contribution in [0.2, 0.25) is 0 Å². The Morgan fingerprint density at radius 1 is 1.88 bits per heavy atom. The molecule has 3 nitrogen and oxygen atoms in total. The molecule has 0 saturated carbocycles. The minimum absolute atomic E-state index is 0. The molecule has 0 atom stereocenters. The van der Waals surface area contributed by atoms with Crippen molar-refractivity contribution < 1.29 is 40.6 Å². The van der Waals surface area contributed by atoms with Crippen molar-refractivity contribution in [1.82, 2.24) is 0 Å². The Hall–Kier alpha value is 0.170. The summed E-state index contributed by atoms with van der Waals surface area (Å²) in [5, 5.41) is 0. The largest absolute Gasteiger partial charge is 1.00 e. The molecule has 0 aliphatic carbocycles. The fraction of sp³-hybridized carbons (Fsp3) is 0.250. The van der Waals surface area contributed by atoms with Crippen molar-refractivity contribution in [3.63, 3.8) is 0 Å². The third-order valence-electron chi connectivity index (χ3n) is 0.455. The van der Waals surface area contributed by atoms with Crippen molar-refractivity contribution in [3.8, 4) is 0 Å². The van der Waals surface area contributed by atoms with Crippen LogP contribution in [-0.2, 0) is 9.63 Å². The fourth-order valence-electron chi connectivity index (χ4n) is 0.101. The van der Waals surface area contributed by atoms with Gasteiger partial charge in [0.25, 0.3) is 0 Å². The van der Waals surface area contributed by atoms with E-state index in [1.807, 2.05) is 0 Å². The maximum atomic E-state index is 10.1. The van der Waals surface area contributed by atoms with Crippen molar-refractivity contribution in [1.29, 1.82) is 0 Å². The smallest absolute Gasteiger partial charge is 1.00 e. The molecule has 0 fully saturated rings. The van der Waals surface area contributed by atoms with Crippen LogP contribution in [-0.4, -0.2) is 5.97 Å². The Morgan fingerprint density at radius 2 is 2.25 bits per heavy atom. The van der Waals surface area contributed by atoms with Crippen molar-refractivity contribution in [2.24, 2.45) is 5.90 Å². The van der Waals surface area contributed by atoms with Gasteiger partial charge in [0.1, 0.15) is 0 Å². The SMILES string of the molecule is C=C(C)C(=O)ON.[H-].[Na+]. The first-order valence-corrected chi connectivity index (χ1v) is 1.75. The summed E-state index contributed by atoms with van der Waals surface area (Å²) >= 11 is 0. The molecule has 0 aromatic carbocycles. The summed E-state index contributed by atoms with van der Waals surface area (Å²) in [6, 6.07) is 0. The number of hydrogen-bond acceptors (Lipinski definition) is 3. The average Bonchev–Trinajstić information content (AvgIpc) is 1.65. The van der Waals surface area contributed by atoms with Crippen LogP contribution < -0.4 is 35.5 Å². The van der Waals surface area contributed by atoms with Crippen LogP contribution >= 0.6 is 0 Å². The summed E-state index contributed by atoms with van der Waals surface area (Å²) in [7, 11) is 0. The quantitative estimate of drug-likeness (QED) is 0.232. The second kappa shape index (κ2) is 5.31. The van der Waals surface area contributed by atoms with Crippen LogP contribution in [0.3, 0.4) is 0 Å². The predicted octanol–water partition coefficient (Wildman–Crippen LogP) is -2.90. The number of rotatable bonds is 1. The maximum absolute atomic E-state index is 10.1. The fourth-order valence-corrected chi connectivity index (χ4v) is 0.101. The molecule has 0 aromatic heterocycles. The summed E-state index contributed by atoms with van der Waals surface area (Å²) in [5.41, 5.74) is 0.308. The summed E-state index contributed by atoms with van der Waals surface area (Å²) in [5.74, 6) is 3.89. The van der Waals surface area contributed by atoms with Crippen molar-refractivity contribution in [3.05, 3.63) is 12.2 Å². The van der Waals surface area contributed by atoms with Crippen LogP contribution in [0.15, 0.2) is 12.2 Å². The predicted molar refractivity (Wildman–Crippen MR) is 26.2 cm³/mol. The van der Waals surface area contributed by atoms with Gasteiger partial charge in [0.2, 0.25) is 0 Å². The van der Waals surface area contributed by atoms with Crippen LogP contribution in [0.5, 0.6) is 0 Å². The molecule has 0 unspecified atom stereocenters. The minimum atomic E-state index is -0.569. The maximum Gasteiger partial charge on any atom is 1.00 e. The Bertz CT molecular complexity index is 107.